The van der Waals surface area contributed by atoms with Gasteiger partial charge in [0.05, 0.1) is 51.4 Å². The Morgan fingerprint density at radius 1 is 1.07 bits per heavy atom. The molecular formula is C23H27ClN3O3+. The fourth-order valence-electron chi connectivity index (χ4n) is 4.32. The van der Waals surface area contributed by atoms with Crippen LogP contribution in [0.4, 0.5) is 5.69 Å². The zero-order valence-corrected chi connectivity index (χ0v) is 17.9. The molecule has 2 saturated heterocycles. The van der Waals surface area contributed by atoms with Crippen molar-refractivity contribution < 1.29 is 19.2 Å². The van der Waals surface area contributed by atoms with E-state index in [4.69, 9.17) is 16.3 Å². The zero-order valence-electron chi connectivity index (χ0n) is 17.1. The van der Waals surface area contributed by atoms with Gasteiger partial charge < -0.3 is 14.5 Å². The van der Waals surface area contributed by atoms with Crippen LogP contribution < -0.4 is 14.5 Å². The van der Waals surface area contributed by atoms with Gasteiger partial charge in [-0.2, -0.15) is 0 Å². The highest BCUT2D eigenvalue weighted by Crippen LogP contribution is 2.28. The maximum atomic E-state index is 13.0. The summed E-state index contributed by atoms with van der Waals surface area (Å²) >= 11 is 5.93. The van der Waals surface area contributed by atoms with Crippen molar-refractivity contribution in [3.05, 3.63) is 59.1 Å². The number of piperazine rings is 1. The lowest BCUT2D eigenvalue weighted by molar-refractivity contribution is -0.915. The van der Waals surface area contributed by atoms with Gasteiger partial charge in [-0.05, 0) is 36.8 Å². The highest BCUT2D eigenvalue weighted by molar-refractivity contribution is 6.30. The number of hydrogen-bond acceptors (Lipinski definition) is 4. The molecule has 2 heterocycles. The summed E-state index contributed by atoms with van der Waals surface area (Å²) in [5.74, 6) is 0.745. The van der Waals surface area contributed by atoms with E-state index in [1.807, 2.05) is 37.3 Å². The van der Waals surface area contributed by atoms with Crippen molar-refractivity contribution in [1.82, 2.24) is 4.90 Å². The summed E-state index contributed by atoms with van der Waals surface area (Å²) < 4.78 is 5.76. The second-order valence-electron chi connectivity index (χ2n) is 7.75. The smallest absolute Gasteiger partial charge is 0.288 e. The van der Waals surface area contributed by atoms with Crippen LogP contribution in [0.25, 0.3) is 0 Å². The number of likely N-dealkylation sites (tertiary alicyclic amines) is 1. The molecule has 0 radical (unpaired) electrons. The first kappa shape index (κ1) is 20.7. The minimum Gasteiger partial charge on any atom is -0.492 e. The second kappa shape index (κ2) is 9.06. The number of amides is 2. The van der Waals surface area contributed by atoms with Crippen molar-refractivity contribution in [3.8, 4) is 5.75 Å². The van der Waals surface area contributed by atoms with Crippen LogP contribution >= 0.6 is 11.6 Å². The predicted molar refractivity (Wildman–Crippen MR) is 116 cm³/mol. The van der Waals surface area contributed by atoms with Gasteiger partial charge in [0.1, 0.15) is 5.75 Å². The third-order valence-electron chi connectivity index (χ3n) is 5.90. The molecule has 2 aromatic rings. The molecule has 0 bridgehead atoms. The maximum absolute atomic E-state index is 13.0. The highest BCUT2D eigenvalue weighted by atomic mass is 35.5. The van der Waals surface area contributed by atoms with E-state index < -0.39 is 0 Å². The average molecular weight is 429 g/mol. The van der Waals surface area contributed by atoms with Crippen molar-refractivity contribution in [1.29, 1.82) is 0 Å². The number of anilines is 1. The second-order valence-corrected chi connectivity index (χ2v) is 8.18. The predicted octanol–water partition coefficient (Wildman–Crippen LogP) is 1.77. The molecule has 0 spiro atoms. The number of carbonyl (C=O) groups excluding carboxylic acids is 2. The number of imide groups is 1. The van der Waals surface area contributed by atoms with Gasteiger partial charge in [-0.3, -0.25) is 14.5 Å². The molecule has 158 valence electrons. The highest BCUT2D eigenvalue weighted by Gasteiger charge is 2.45. The molecule has 2 fully saturated rings. The van der Waals surface area contributed by atoms with E-state index in [-0.39, 0.29) is 24.3 Å². The van der Waals surface area contributed by atoms with E-state index in [0.29, 0.717) is 18.2 Å². The number of nitrogens with zero attached hydrogens (tertiary/aromatic N) is 2. The molecule has 30 heavy (non-hydrogen) atoms. The Morgan fingerprint density at radius 2 is 1.77 bits per heavy atom. The number of hydrogen-bond donors (Lipinski definition) is 1. The van der Waals surface area contributed by atoms with Crippen LogP contribution in [-0.4, -0.2) is 55.5 Å². The van der Waals surface area contributed by atoms with Gasteiger partial charge in [0.2, 0.25) is 5.91 Å². The van der Waals surface area contributed by atoms with E-state index in [0.717, 1.165) is 43.2 Å². The summed E-state index contributed by atoms with van der Waals surface area (Å²) in [5, 5.41) is 0.643. The van der Waals surface area contributed by atoms with E-state index in [9.17, 15) is 9.59 Å². The van der Waals surface area contributed by atoms with Gasteiger partial charge >= 0.3 is 0 Å². The molecule has 2 aromatic carbocycles. The molecular weight excluding hydrogens is 402 g/mol. The monoisotopic (exact) mass is 428 g/mol. The lowest BCUT2D eigenvalue weighted by atomic mass is 10.1. The molecule has 0 saturated carbocycles. The number of carbonyl (C=O) groups is 2. The lowest BCUT2D eigenvalue weighted by Crippen LogP contribution is -3.19. The number of ether oxygens (including phenoxy) is 1. The van der Waals surface area contributed by atoms with Crippen molar-refractivity contribution in [2.45, 2.75) is 25.9 Å². The van der Waals surface area contributed by atoms with Crippen LogP contribution in [0.15, 0.2) is 48.5 Å². The Kier molecular flexibility index (Phi) is 6.25. The zero-order chi connectivity index (χ0) is 21.1. The molecule has 0 aromatic heterocycles. The first-order valence-corrected chi connectivity index (χ1v) is 10.8. The summed E-state index contributed by atoms with van der Waals surface area (Å²) in [4.78, 5) is 30.5. The molecule has 4 rings (SSSR count). The van der Waals surface area contributed by atoms with Gasteiger partial charge in [-0.1, -0.05) is 35.9 Å². The van der Waals surface area contributed by atoms with E-state index >= 15 is 0 Å². The summed E-state index contributed by atoms with van der Waals surface area (Å²) in [7, 11) is 0. The minimum absolute atomic E-state index is 0.0619. The molecule has 6 nitrogen and oxygen atoms in total. The first-order valence-electron chi connectivity index (χ1n) is 10.5. The minimum atomic E-state index is -0.283. The fraction of sp³-hybridized carbons (Fsp3) is 0.391. The number of para-hydroxylation sites is 2. The molecule has 2 amide bonds. The van der Waals surface area contributed by atoms with E-state index in [2.05, 4.69) is 11.0 Å². The average Bonchev–Trinajstić information content (AvgIpc) is 3.04. The fourth-order valence-corrected chi connectivity index (χ4v) is 4.45. The quantitative estimate of drug-likeness (QED) is 0.712. The number of halogens is 1. The molecule has 1 atom stereocenters. The summed E-state index contributed by atoms with van der Waals surface area (Å²) in [5.41, 5.74) is 2.01. The van der Waals surface area contributed by atoms with Gasteiger partial charge in [0, 0.05) is 5.02 Å². The summed E-state index contributed by atoms with van der Waals surface area (Å²) in [6.45, 7) is 6.22. The molecule has 1 N–H and O–H groups in total. The molecule has 0 aliphatic carbocycles. The van der Waals surface area contributed by atoms with Crippen molar-refractivity contribution >= 4 is 29.1 Å². The number of quaternary nitrogens is 1. The molecule has 0 unspecified atom stereocenters. The van der Waals surface area contributed by atoms with Gasteiger partial charge in [0.15, 0.2) is 6.04 Å². The Morgan fingerprint density at radius 3 is 2.47 bits per heavy atom. The Balaban J connectivity index is 1.38. The Bertz CT molecular complexity index is 910. The van der Waals surface area contributed by atoms with Crippen LogP contribution in [0.2, 0.25) is 5.02 Å². The largest absolute Gasteiger partial charge is 0.492 e. The van der Waals surface area contributed by atoms with Crippen molar-refractivity contribution in [2.75, 3.05) is 37.7 Å². The van der Waals surface area contributed by atoms with Crippen LogP contribution in [0, 0.1) is 0 Å². The summed E-state index contributed by atoms with van der Waals surface area (Å²) in [6, 6.07) is 15.1. The van der Waals surface area contributed by atoms with Gasteiger partial charge in [0.25, 0.3) is 5.91 Å². The number of benzene rings is 2. The third-order valence-corrected chi connectivity index (χ3v) is 6.15. The van der Waals surface area contributed by atoms with Crippen LogP contribution in [0.3, 0.4) is 0 Å². The van der Waals surface area contributed by atoms with E-state index in [1.165, 1.54) is 9.80 Å². The standard InChI is InChI=1S/C23H26ClN3O3/c1-2-30-21-6-4-3-5-19(21)25-11-13-26(14-12-25)20-15-22(28)27(23(20)29)16-17-7-9-18(24)10-8-17/h3-10,20H,2,11-16H2,1H3/p+1/t20-/m0/s1. The van der Waals surface area contributed by atoms with Crippen LogP contribution in [0.1, 0.15) is 18.9 Å². The Labute approximate surface area is 182 Å². The SMILES string of the molecule is CCOc1ccccc1N1CC[NH+]([C@H]2CC(=O)N(Cc3ccc(Cl)cc3)C2=O)CC1. The van der Waals surface area contributed by atoms with Crippen molar-refractivity contribution in [3.63, 3.8) is 0 Å². The maximum Gasteiger partial charge on any atom is 0.288 e. The van der Waals surface area contributed by atoms with Crippen LogP contribution in [-0.2, 0) is 16.1 Å². The van der Waals surface area contributed by atoms with E-state index in [1.54, 1.807) is 12.1 Å². The first-order chi connectivity index (χ1) is 14.6. The normalized spacial score (nSPS) is 20.1. The number of rotatable bonds is 6. The van der Waals surface area contributed by atoms with Gasteiger partial charge in [-0.15, -0.1) is 0 Å². The van der Waals surface area contributed by atoms with Gasteiger partial charge in [-0.25, -0.2) is 0 Å². The molecule has 7 heteroatoms. The molecule has 2 aliphatic heterocycles. The third kappa shape index (κ3) is 4.30. The molecule has 2 aliphatic rings. The van der Waals surface area contributed by atoms with Crippen LogP contribution in [0.5, 0.6) is 5.75 Å². The lowest BCUT2D eigenvalue weighted by Gasteiger charge is -2.36. The topological polar surface area (TPSA) is 54.3 Å². The van der Waals surface area contributed by atoms with Crippen molar-refractivity contribution in [2.24, 2.45) is 0 Å². The number of nitrogens with one attached hydrogen (secondary N) is 1. The Hall–Kier alpha value is -2.57. The summed E-state index contributed by atoms with van der Waals surface area (Å²) in [6.07, 6.45) is 0.289.